The molecule has 7 nitrogen and oxygen atoms in total. The molecule has 0 unspecified atom stereocenters. The molecule has 3 heterocycles. The SMILES string of the molecule is Fc1ccc(C=NNc2ncnc3c2cnn3-c2cccnc2)cc1. The summed E-state index contributed by atoms with van der Waals surface area (Å²) in [6.07, 6.45) is 8.08. The van der Waals surface area contributed by atoms with Crippen LogP contribution in [0.2, 0.25) is 0 Å². The summed E-state index contributed by atoms with van der Waals surface area (Å²) in [4.78, 5) is 12.6. The minimum Gasteiger partial charge on any atom is -0.262 e. The Morgan fingerprint density at radius 2 is 1.96 bits per heavy atom. The number of hydrogen-bond acceptors (Lipinski definition) is 6. The minimum absolute atomic E-state index is 0.287. The largest absolute Gasteiger partial charge is 0.262 e. The highest BCUT2D eigenvalue weighted by Crippen LogP contribution is 2.21. The second-order valence-corrected chi connectivity index (χ2v) is 5.15. The summed E-state index contributed by atoms with van der Waals surface area (Å²) in [6, 6.07) is 9.74. The first-order chi connectivity index (χ1) is 12.3. The van der Waals surface area contributed by atoms with E-state index in [2.05, 4.69) is 30.6 Å². The van der Waals surface area contributed by atoms with E-state index < -0.39 is 0 Å². The van der Waals surface area contributed by atoms with Crippen LogP contribution in [-0.2, 0) is 0 Å². The van der Waals surface area contributed by atoms with E-state index in [0.717, 1.165) is 16.6 Å². The zero-order valence-electron chi connectivity index (χ0n) is 12.9. The van der Waals surface area contributed by atoms with Crippen molar-refractivity contribution in [1.29, 1.82) is 0 Å². The first kappa shape index (κ1) is 14.9. The van der Waals surface area contributed by atoms with Crippen LogP contribution in [0.1, 0.15) is 5.56 Å². The van der Waals surface area contributed by atoms with E-state index in [1.165, 1.54) is 18.5 Å². The predicted octanol–water partition coefficient (Wildman–Crippen LogP) is 2.80. The molecule has 8 heteroatoms. The molecule has 4 rings (SSSR count). The lowest BCUT2D eigenvalue weighted by molar-refractivity contribution is 0.628. The predicted molar refractivity (Wildman–Crippen MR) is 92.1 cm³/mol. The lowest BCUT2D eigenvalue weighted by atomic mass is 10.2. The van der Waals surface area contributed by atoms with Gasteiger partial charge in [-0.15, -0.1) is 0 Å². The Hall–Kier alpha value is -3.68. The van der Waals surface area contributed by atoms with Gasteiger partial charge in [-0.1, -0.05) is 12.1 Å². The van der Waals surface area contributed by atoms with Gasteiger partial charge in [0.15, 0.2) is 11.5 Å². The molecule has 0 fully saturated rings. The number of rotatable bonds is 4. The van der Waals surface area contributed by atoms with Crippen LogP contribution < -0.4 is 5.43 Å². The average Bonchev–Trinajstić information content (AvgIpc) is 3.09. The molecule has 1 aromatic carbocycles. The van der Waals surface area contributed by atoms with Crippen molar-refractivity contribution in [3.05, 3.63) is 72.7 Å². The highest BCUT2D eigenvalue weighted by atomic mass is 19.1. The van der Waals surface area contributed by atoms with Crippen LogP contribution in [0.5, 0.6) is 0 Å². The van der Waals surface area contributed by atoms with Crippen LogP contribution in [0, 0.1) is 5.82 Å². The summed E-state index contributed by atoms with van der Waals surface area (Å²) in [6.45, 7) is 0. The molecule has 0 aliphatic carbocycles. The van der Waals surface area contributed by atoms with Gasteiger partial charge in [-0.05, 0) is 29.8 Å². The maximum absolute atomic E-state index is 12.9. The molecule has 122 valence electrons. The van der Waals surface area contributed by atoms with Gasteiger partial charge in [0.2, 0.25) is 0 Å². The summed E-state index contributed by atoms with van der Waals surface area (Å²) >= 11 is 0. The van der Waals surface area contributed by atoms with Crippen molar-refractivity contribution in [3.63, 3.8) is 0 Å². The Kier molecular flexibility index (Phi) is 3.83. The number of nitrogens with one attached hydrogen (secondary N) is 1. The van der Waals surface area contributed by atoms with Crippen LogP contribution in [0.15, 0.2) is 66.4 Å². The number of nitrogens with zero attached hydrogens (tertiary/aromatic N) is 6. The number of hydrazone groups is 1. The number of hydrogen-bond donors (Lipinski definition) is 1. The Balaban J connectivity index is 1.62. The second-order valence-electron chi connectivity index (χ2n) is 5.15. The summed E-state index contributed by atoms with van der Waals surface area (Å²) in [5.74, 6) is 0.240. The lowest BCUT2D eigenvalue weighted by Crippen LogP contribution is -1.99. The number of halogens is 1. The second kappa shape index (κ2) is 6.44. The van der Waals surface area contributed by atoms with Crippen LogP contribution in [0.25, 0.3) is 16.7 Å². The van der Waals surface area contributed by atoms with Gasteiger partial charge in [-0.3, -0.25) is 10.4 Å². The van der Waals surface area contributed by atoms with E-state index in [0.29, 0.717) is 11.5 Å². The van der Waals surface area contributed by atoms with Crippen molar-refractivity contribution < 1.29 is 4.39 Å². The van der Waals surface area contributed by atoms with Crippen molar-refractivity contribution in [2.24, 2.45) is 5.10 Å². The summed E-state index contributed by atoms with van der Waals surface area (Å²) in [5.41, 5.74) is 5.08. The monoisotopic (exact) mass is 333 g/mol. The van der Waals surface area contributed by atoms with E-state index in [9.17, 15) is 4.39 Å². The molecule has 4 aromatic rings. The highest BCUT2D eigenvalue weighted by Gasteiger charge is 2.10. The normalized spacial score (nSPS) is 11.2. The van der Waals surface area contributed by atoms with Crippen LogP contribution in [0.3, 0.4) is 0 Å². The number of benzene rings is 1. The third-order valence-electron chi connectivity index (χ3n) is 3.51. The summed E-state index contributed by atoms with van der Waals surface area (Å²) < 4.78 is 14.6. The van der Waals surface area contributed by atoms with Gasteiger partial charge in [-0.25, -0.2) is 19.0 Å². The molecule has 0 amide bonds. The molecule has 25 heavy (non-hydrogen) atoms. The molecule has 3 aromatic heterocycles. The molecule has 0 aliphatic heterocycles. The first-order valence-corrected chi connectivity index (χ1v) is 7.45. The maximum Gasteiger partial charge on any atom is 0.168 e. The lowest BCUT2D eigenvalue weighted by Gasteiger charge is -2.03. The maximum atomic E-state index is 12.9. The number of aromatic nitrogens is 5. The molecule has 0 radical (unpaired) electrons. The van der Waals surface area contributed by atoms with Gasteiger partial charge in [0.05, 0.1) is 29.7 Å². The van der Waals surface area contributed by atoms with Gasteiger partial charge in [0.25, 0.3) is 0 Å². The number of fused-ring (bicyclic) bond motifs is 1. The Bertz CT molecular complexity index is 1030. The van der Waals surface area contributed by atoms with Crippen molar-refractivity contribution in [1.82, 2.24) is 24.7 Å². The van der Waals surface area contributed by atoms with Crippen LogP contribution >= 0.6 is 0 Å². The van der Waals surface area contributed by atoms with E-state index in [1.54, 1.807) is 41.6 Å². The fraction of sp³-hybridized carbons (Fsp3) is 0. The number of pyridine rings is 1. The standard InChI is InChI=1S/C17H12FN7/c18-13-5-3-12(4-6-13)8-22-24-16-15-10-23-25(17(15)21-11-20-16)14-2-1-7-19-9-14/h1-11H,(H,20,21,24). The van der Waals surface area contributed by atoms with Gasteiger partial charge >= 0.3 is 0 Å². The van der Waals surface area contributed by atoms with E-state index in [-0.39, 0.29) is 5.82 Å². The Morgan fingerprint density at radius 3 is 2.76 bits per heavy atom. The van der Waals surface area contributed by atoms with Crippen LogP contribution in [-0.4, -0.2) is 30.9 Å². The molecule has 1 N–H and O–H groups in total. The molecular formula is C17H12FN7. The fourth-order valence-corrected chi connectivity index (χ4v) is 2.32. The summed E-state index contributed by atoms with van der Waals surface area (Å²) in [7, 11) is 0. The molecule has 0 aliphatic rings. The van der Waals surface area contributed by atoms with Crippen molar-refractivity contribution in [2.75, 3.05) is 5.43 Å². The van der Waals surface area contributed by atoms with Crippen molar-refractivity contribution in [3.8, 4) is 5.69 Å². The molecule has 0 atom stereocenters. The smallest absolute Gasteiger partial charge is 0.168 e. The average molecular weight is 333 g/mol. The minimum atomic E-state index is -0.287. The molecule has 0 spiro atoms. The van der Waals surface area contributed by atoms with Crippen LogP contribution in [0.4, 0.5) is 10.2 Å². The van der Waals surface area contributed by atoms with E-state index in [1.807, 2.05) is 12.1 Å². The molecular weight excluding hydrogens is 321 g/mol. The van der Waals surface area contributed by atoms with Gasteiger partial charge in [0, 0.05) is 6.20 Å². The molecule has 0 saturated carbocycles. The summed E-state index contributed by atoms with van der Waals surface area (Å²) in [5, 5.41) is 9.20. The fourth-order valence-electron chi connectivity index (χ4n) is 2.32. The zero-order chi connectivity index (χ0) is 17.1. The van der Waals surface area contributed by atoms with Gasteiger partial charge in [0.1, 0.15) is 12.1 Å². The third kappa shape index (κ3) is 3.05. The van der Waals surface area contributed by atoms with Gasteiger partial charge in [-0.2, -0.15) is 10.2 Å². The number of anilines is 1. The highest BCUT2D eigenvalue weighted by molar-refractivity contribution is 5.88. The zero-order valence-corrected chi connectivity index (χ0v) is 12.9. The molecule has 0 saturated heterocycles. The quantitative estimate of drug-likeness (QED) is 0.459. The first-order valence-electron chi connectivity index (χ1n) is 7.45. The third-order valence-corrected chi connectivity index (χ3v) is 3.51. The van der Waals surface area contributed by atoms with E-state index >= 15 is 0 Å². The topological polar surface area (TPSA) is 80.9 Å². The Morgan fingerprint density at radius 1 is 1.08 bits per heavy atom. The molecule has 0 bridgehead atoms. The van der Waals surface area contributed by atoms with Crippen molar-refractivity contribution in [2.45, 2.75) is 0 Å². The van der Waals surface area contributed by atoms with Gasteiger partial charge < -0.3 is 0 Å². The Labute approximate surface area is 141 Å². The van der Waals surface area contributed by atoms with Crippen molar-refractivity contribution >= 4 is 23.1 Å². The van der Waals surface area contributed by atoms with E-state index in [4.69, 9.17) is 0 Å².